The maximum Gasteiger partial charge on any atom is 0.322 e. The molecule has 1 atom stereocenters. The Bertz CT molecular complexity index is 1140. The number of hydrogen-bond donors (Lipinski definition) is 1. The quantitative estimate of drug-likeness (QED) is 0.655. The topological polar surface area (TPSA) is 135 Å². The summed E-state index contributed by atoms with van der Waals surface area (Å²) in [6, 6.07) is 4.38. The highest BCUT2D eigenvalue weighted by Crippen LogP contribution is 2.29. The van der Waals surface area contributed by atoms with E-state index in [1.165, 1.54) is 55.2 Å². The third-order valence-electron chi connectivity index (χ3n) is 4.38. The lowest BCUT2D eigenvalue weighted by Crippen LogP contribution is -2.49. The van der Waals surface area contributed by atoms with Crippen LogP contribution in [-0.2, 0) is 27.8 Å². The van der Waals surface area contributed by atoms with Crippen LogP contribution in [0.25, 0.3) is 0 Å². The number of carbonyl (C=O) groups is 1. The predicted octanol–water partition coefficient (Wildman–Crippen LogP) is 1.26. The number of nitrogens with zero attached hydrogens (tertiary/aromatic N) is 5. The van der Waals surface area contributed by atoms with Crippen LogP contribution in [0.5, 0.6) is 11.6 Å². The van der Waals surface area contributed by atoms with Crippen LogP contribution in [0.4, 0.5) is 0 Å². The number of aromatic nitrogens is 4. The van der Waals surface area contributed by atoms with Crippen LogP contribution in [0.1, 0.15) is 11.4 Å². The zero-order valence-electron chi connectivity index (χ0n) is 14.9. The van der Waals surface area contributed by atoms with Crippen molar-refractivity contribution < 1.29 is 23.1 Å². The molecule has 148 valence electrons. The van der Waals surface area contributed by atoms with Gasteiger partial charge in [-0.1, -0.05) is 0 Å². The van der Waals surface area contributed by atoms with Crippen LogP contribution in [0.2, 0.25) is 0 Å². The molecule has 1 aliphatic rings. The number of carboxylic acid groups (broad SMARTS) is 1. The third kappa shape index (κ3) is 3.77. The van der Waals surface area contributed by atoms with E-state index in [1.807, 2.05) is 0 Å². The van der Waals surface area contributed by atoms with Gasteiger partial charge in [0, 0.05) is 31.2 Å². The summed E-state index contributed by atoms with van der Waals surface area (Å²) in [5, 5.41) is 9.57. The smallest absolute Gasteiger partial charge is 0.322 e. The van der Waals surface area contributed by atoms with Crippen LogP contribution in [0, 0.1) is 0 Å². The van der Waals surface area contributed by atoms with Crippen molar-refractivity contribution in [2.24, 2.45) is 0 Å². The van der Waals surface area contributed by atoms with Gasteiger partial charge in [0.2, 0.25) is 15.9 Å². The second kappa shape index (κ2) is 7.53. The molecule has 3 heterocycles. The highest BCUT2D eigenvalue weighted by molar-refractivity contribution is 7.89. The molecule has 11 heteroatoms. The molecule has 2 aromatic heterocycles. The summed E-state index contributed by atoms with van der Waals surface area (Å²) >= 11 is 0. The molecule has 0 spiro atoms. The van der Waals surface area contributed by atoms with Gasteiger partial charge in [-0.3, -0.25) is 19.7 Å². The molecule has 1 N–H and O–H groups in total. The van der Waals surface area contributed by atoms with E-state index in [1.54, 1.807) is 0 Å². The lowest BCUT2D eigenvalue weighted by molar-refractivity contribution is -0.141. The standard InChI is InChI=1S/C18H15N5O5S/c24-18(25)16-9-14-15(21-8-7-20-14)11-23(16)29(26,27)13-3-1-12(2-4-13)28-17-10-19-5-6-22-17/h1-8,10,16H,9,11H2,(H,24,25)/t16-/m1/s1. The van der Waals surface area contributed by atoms with Crippen molar-refractivity contribution in [3.05, 3.63) is 66.6 Å². The fourth-order valence-corrected chi connectivity index (χ4v) is 4.52. The Morgan fingerprint density at radius 2 is 1.72 bits per heavy atom. The molecule has 1 aromatic carbocycles. The van der Waals surface area contributed by atoms with Crippen molar-refractivity contribution in [3.63, 3.8) is 0 Å². The van der Waals surface area contributed by atoms with Crippen molar-refractivity contribution >= 4 is 16.0 Å². The third-order valence-corrected chi connectivity index (χ3v) is 6.25. The first-order valence-corrected chi connectivity index (χ1v) is 9.96. The van der Waals surface area contributed by atoms with E-state index >= 15 is 0 Å². The summed E-state index contributed by atoms with van der Waals surface area (Å²) in [5.41, 5.74) is 0.926. The molecule has 0 fully saturated rings. The van der Waals surface area contributed by atoms with E-state index in [0.717, 1.165) is 4.31 Å². The zero-order valence-corrected chi connectivity index (χ0v) is 15.7. The molecule has 0 saturated heterocycles. The number of ether oxygens (including phenoxy) is 1. The van der Waals surface area contributed by atoms with Gasteiger partial charge in [-0.05, 0) is 24.3 Å². The van der Waals surface area contributed by atoms with Crippen LogP contribution in [-0.4, -0.2) is 49.8 Å². The van der Waals surface area contributed by atoms with Gasteiger partial charge in [0.05, 0.1) is 29.0 Å². The van der Waals surface area contributed by atoms with Gasteiger partial charge < -0.3 is 9.84 Å². The Morgan fingerprint density at radius 1 is 1.03 bits per heavy atom. The average Bonchev–Trinajstić information content (AvgIpc) is 2.74. The largest absolute Gasteiger partial charge is 0.480 e. The maximum absolute atomic E-state index is 13.1. The SMILES string of the molecule is O=C(O)[C@H]1Cc2nccnc2CN1S(=O)(=O)c1ccc(Oc2cnccn2)cc1. The second-order valence-electron chi connectivity index (χ2n) is 6.18. The predicted molar refractivity (Wildman–Crippen MR) is 98.4 cm³/mol. The summed E-state index contributed by atoms with van der Waals surface area (Å²) < 4.78 is 32.7. The van der Waals surface area contributed by atoms with Gasteiger partial charge in [-0.2, -0.15) is 4.31 Å². The number of benzene rings is 1. The van der Waals surface area contributed by atoms with Crippen molar-refractivity contribution in [3.8, 4) is 11.6 Å². The molecule has 10 nitrogen and oxygen atoms in total. The highest BCUT2D eigenvalue weighted by Gasteiger charge is 2.40. The lowest BCUT2D eigenvalue weighted by Gasteiger charge is -2.32. The molecule has 0 bridgehead atoms. The van der Waals surface area contributed by atoms with Gasteiger partial charge in [0.1, 0.15) is 11.8 Å². The second-order valence-corrected chi connectivity index (χ2v) is 8.07. The van der Waals surface area contributed by atoms with Gasteiger partial charge in [0.15, 0.2) is 0 Å². The average molecular weight is 413 g/mol. The zero-order chi connectivity index (χ0) is 20.4. The van der Waals surface area contributed by atoms with Gasteiger partial charge in [0.25, 0.3) is 0 Å². The first kappa shape index (κ1) is 18.9. The van der Waals surface area contributed by atoms with Crippen molar-refractivity contribution in [1.82, 2.24) is 24.2 Å². The lowest BCUT2D eigenvalue weighted by atomic mass is 10.1. The Balaban J connectivity index is 1.62. The Hall–Kier alpha value is -3.44. The van der Waals surface area contributed by atoms with Crippen molar-refractivity contribution in [2.75, 3.05) is 0 Å². The molecule has 0 amide bonds. The molecule has 0 unspecified atom stereocenters. The Kier molecular flexibility index (Phi) is 4.91. The number of rotatable bonds is 5. The molecular formula is C18H15N5O5S. The molecule has 1 aliphatic heterocycles. The van der Waals surface area contributed by atoms with Gasteiger partial charge in [-0.25, -0.2) is 13.4 Å². The van der Waals surface area contributed by atoms with Gasteiger partial charge >= 0.3 is 5.97 Å². The monoisotopic (exact) mass is 413 g/mol. The molecule has 29 heavy (non-hydrogen) atoms. The van der Waals surface area contributed by atoms with Crippen LogP contribution in [0.3, 0.4) is 0 Å². The van der Waals surface area contributed by atoms with E-state index < -0.39 is 22.0 Å². The summed E-state index contributed by atoms with van der Waals surface area (Å²) in [6.45, 7) is -0.166. The molecule has 0 saturated carbocycles. The first-order valence-electron chi connectivity index (χ1n) is 8.52. The minimum absolute atomic E-state index is 0.0500. The van der Waals surface area contributed by atoms with E-state index in [2.05, 4.69) is 19.9 Å². The fourth-order valence-electron chi connectivity index (χ4n) is 2.98. The Labute approximate surface area is 165 Å². The van der Waals surface area contributed by atoms with Crippen LogP contribution < -0.4 is 4.74 Å². The molecular weight excluding hydrogens is 398 g/mol. The minimum Gasteiger partial charge on any atom is -0.480 e. The van der Waals surface area contributed by atoms with Crippen molar-refractivity contribution in [2.45, 2.75) is 23.9 Å². The van der Waals surface area contributed by atoms with Crippen molar-refractivity contribution in [1.29, 1.82) is 0 Å². The Morgan fingerprint density at radius 3 is 2.38 bits per heavy atom. The van der Waals surface area contributed by atoms with Crippen LogP contribution >= 0.6 is 0 Å². The normalized spacial score (nSPS) is 16.8. The summed E-state index contributed by atoms with van der Waals surface area (Å²) in [5.74, 6) is -0.609. The molecule has 0 radical (unpaired) electrons. The first-order chi connectivity index (χ1) is 13.9. The van der Waals surface area contributed by atoms with Gasteiger partial charge in [-0.15, -0.1) is 0 Å². The molecule has 3 aromatic rings. The molecule has 0 aliphatic carbocycles. The summed E-state index contributed by atoms with van der Waals surface area (Å²) in [4.78, 5) is 27.8. The maximum atomic E-state index is 13.1. The van der Waals surface area contributed by atoms with Crippen LogP contribution in [0.15, 0.2) is 60.1 Å². The van der Waals surface area contributed by atoms with E-state index in [4.69, 9.17) is 4.74 Å². The number of fused-ring (bicyclic) bond motifs is 1. The van der Waals surface area contributed by atoms with E-state index in [-0.39, 0.29) is 23.7 Å². The number of hydrogen-bond acceptors (Lipinski definition) is 8. The fraction of sp³-hybridized carbons (Fsp3) is 0.167. The number of carboxylic acids is 1. The highest BCUT2D eigenvalue weighted by atomic mass is 32.2. The van der Waals surface area contributed by atoms with E-state index in [0.29, 0.717) is 17.1 Å². The van der Waals surface area contributed by atoms with E-state index in [9.17, 15) is 18.3 Å². The summed E-state index contributed by atoms with van der Waals surface area (Å²) in [7, 11) is -4.09. The number of aliphatic carboxylic acids is 1. The summed E-state index contributed by atoms with van der Waals surface area (Å²) in [6.07, 6.45) is 7.25. The molecule has 4 rings (SSSR count). The minimum atomic E-state index is -4.09. The number of sulfonamides is 1.